The zero-order chi connectivity index (χ0) is 12.2. The third-order valence-electron chi connectivity index (χ3n) is 3.04. The van der Waals surface area contributed by atoms with E-state index in [-0.39, 0.29) is 5.41 Å². The van der Waals surface area contributed by atoms with Crippen molar-refractivity contribution in [3.63, 3.8) is 0 Å². The average molecular weight is 221 g/mol. The Morgan fingerprint density at radius 3 is 2.38 bits per heavy atom. The molecule has 1 aromatic carbocycles. The summed E-state index contributed by atoms with van der Waals surface area (Å²) in [6.45, 7) is 10.0. The predicted octanol–water partition coefficient (Wildman–Crippen LogP) is 2.99. The Morgan fingerprint density at radius 2 is 1.88 bits per heavy atom. The van der Waals surface area contributed by atoms with Crippen LogP contribution in [0.25, 0.3) is 0 Å². The normalized spacial score (nSPS) is 13.6. The van der Waals surface area contributed by atoms with E-state index in [1.807, 2.05) is 18.2 Å². The van der Waals surface area contributed by atoms with Crippen molar-refractivity contribution < 1.29 is 4.74 Å². The van der Waals surface area contributed by atoms with Crippen LogP contribution in [0.2, 0.25) is 0 Å². The quantitative estimate of drug-likeness (QED) is 0.848. The lowest BCUT2D eigenvalue weighted by molar-refractivity contribution is 0.151. The van der Waals surface area contributed by atoms with Crippen molar-refractivity contribution in [2.45, 2.75) is 27.7 Å². The van der Waals surface area contributed by atoms with E-state index in [0.29, 0.717) is 19.1 Å². The van der Waals surface area contributed by atoms with Crippen molar-refractivity contribution in [3.05, 3.63) is 29.8 Å². The number of benzene rings is 1. The fourth-order valence-corrected chi connectivity index (χ4v) is 1.58. The molecule has 0 saturated heterocycles. The van der Waals surface area contributed by atoms with Crippen LogP contribution in [0.4, 0.5) is 0 Å². The molecule has 0 aliphatic rings. The van der Waals surface area contributed by atoms with Gasteiger partial charge in [0.2, 0.25) is 0 Å². The third kappa shape index (κ3) is 3.53. The maximum absolute atomic E-state index is 5.84. The molecule has 1 atom stereocenters. The van der Waals surface area contributed by atoms with Gasteiger partial charge in [-0.05, 0) is 30.5 Å². The van der Waals surface area contributed by atoms with Crippen LogP contribution in [-0.2, 0) is 0 Å². The van der Waals surface area contributed by atoms with Gasteiger partial charge in [0, 0.05) is 5.92 Å². The number of ether oxygens (including phenoxy) is 1. The van der Waals surface area contributed by atoms with Gasteiger partial charge >= 0.3 is 0 Å². The second-order valence-electron chi connectivity index (χ2n) is 5.38. The second-order valence-corrected chi connectivity index (χ2v) is 5.38. The molecule has 0 spiro atoms. The molecule has 1 rings (SSSR count). The molecule has 2 nitrogen and oxygen atoms in total. The zero-order valence-corrected chi connectivity index (χ0v) is 10.8. The summed E-state index contributed by atoms with van der Waals surface area (Å²) in [6.07, 6.45) is 0. The summed E-state index contributed by atoms with van der Waals surface area (Å²) in [7, 11) is 0. The van der Waals surface area contributed by atoms with E-state index in [2.05, 4.69) is 33.8 Å². The summed E-state index contributed by atoms with van der Waals surface area (Å²) in [5, 5.41) is 0. The SMILES string of the molecule is Cc1ccccc1OCC(CN)C(C)(C)C. The molecule has 0 heterocycles. The van der Waals surface area contributed by atoms with Crippen molar-refractivity contribution in [3.8, 4) is 5.75 Å². The lowest BCUT2D eigenvalue weighted by atomic mass is 9.81. The van der Waals surface area contributed by atoms with Crippen LogP contribution >= 0.6 is 0 Å². The highest BCUT2D eigenvalue weighted by atomic mass is 16.5. The molecule has 1 aromatic rings. The van der Waals surface area contributed by atoms with Gasteiger partial charge in [-0.1, -0.05) is 39.0 Å². The Morgan fingerprint density at radius 1 is 1.25 bits per heavy atom. The molecular formula is C14H23NO. The van der Waals surface area contributed by atoms with Crippen LogP contribution in [0.3, 0.4) is 0 Å². The highest BCUT2D eigenvalue weighted by Gasteiger charge is 2.23. The number of nitrogens with two attached hydrogens (primary N) is 1. The molecule has 2 N–H and O–H groups in total. The summed E-state index contributed by atoms with van der Waals surface area (Å²) >= 11 is 0. The molecule has 0 fully saturated rings. The highest BCUT2D eigenvalue weighted by molar-refractivity contribution is 5.31. The van der Waals surface area contributed by atoms with Gasteiger partial charge < -0.3 is 10.5 Å². The van der Waals surface area contributed by atoms with Crippen LogP contribution < -0.4 is 10.5 Å². The minimum Gasteiger partial charge on any atom is -0.493 e. The minimum absolute atomic E-state index is 0.192. The second kappa shape index (κ2) is 5.35. The Bertz CT molecular complexity index is 328. The van der Waals surface area contributed by atoms with Crippen molar-refractivity contribution in [2.75, 3.05) is 13.2 Å². The largest absolute Gasteiger partial charge is 0.493 e. The van der Waals surface area contributed by atoms with Gasteiger partial charge in [-0.3, -0.25) is 0 Å². The Hall–Kier alpha value is -1.02. The number of hydrogen-bond donors (Lipinski definition) is 1. The third-order valence-corrected chi connectivity index (χ3v) is 3.04. The van der Waals surface area contributed by atoms with Gasteiger partial charge in [0.1, 0.15) is 5.75 Å². The van der Waals surface area contributed by atoms with E-state index in [9.17, 15) is 0 Å². The minimum atomic E-state index is 0.192. The first-order chi connectivity index (χ1) is 7.45. The molecule has 90 valence electrons. The van der Waals surface area contributed by atoms with Crippen LogP contribution in [0, 0.1) is 18.3 Å². The average Bonchev–Trinajstić information content (AvgIpc) is 2.19. The molecule has 0 bridgehead atoms. The first-order valence-electron chi connectivity index (χ1n) is 5.83. The molecule has 2 heteroatoms. The van der Waals surface area contributed by atoms with Gasteiger partial charge in [-0.25, -0.2) is 0 Å². The summed E-state index contributed by atoms with van der Waals surface area (Å²) < 4.78 is 5.84. The summed E-state index contributed by atoms with van der Waals surface area (Å²) in [5.74, 6) is 1.34. The van der Waals surface area contributed by atoms with Crippen molar-refractivity contribution in [2.24, 2.45) is 17.1 Å². The van der Waals surface area contributed by atoms with E-state index < -0.39 is 0 Å². The number of rotatable bonds is 4. The summed E-state index contributed by atoms with van der Waals surface area (Å²) in [4.78, 5) is 0. The number of aryl methyl sites for hydroxylation is 1. The Labute approximate surface area is 98.8 Å². The maximum atomic E-state index is 5.84. The van der Waals surface area contributed by atoms with Crippen molar-refractivity contribution in [1.82, 2.24) is 0 Å². The zero-order valence-electron chi connectivity index (χ0n) is 10.8. The van der Waals surface area contributed by atoms with Crippen LogP contribution in [0.1, 0.15) is 26.3 Å². The van der Waals surface area contributed by atoms with E-state index in [0.717, 1.165) is 5.75 Å². The first-order valence-corrected chi connectivity index (χ1v) is 5.83. The first kappa shape index (κ1) is 13.0. The van der Waals surface area contributed by atoms with E-state index in [1.54, 1.807) is 0 Å². The van der Waals surface area contributed by atoms with Crippen LogP contribution in [0.5, 0.6) is 5.75 Å². The van der Waals surface area contributed by atoms with Crippen LogP contribution in [-0.4, -0.2) is 13.2 Å². The standard InChI is InChI=1S/C14H23NO/c1-11-7-5-6-8-13(11)16-10-12(9-15)14(2,3)4/h5-8,12H,9-10,15H2,1-4H3. The molecule has 0 aliphatic carbocycles. The van der Waals surface area contributed by atoms with Crippen molar-refractivity contribution >= 4 is 0 Å². The topological polar surface area (TPSA) is 35.2 Å². The maximum Gasteiger partial charge on any atom is 0.122 e. The van der Waals surface area contributed by atoms with Gasteiger partial charge in [0.05, 0.1) is 6.61 Å². The fourth-order valence-electron chi connectivity index (χ4n) is 1.58. The summed E-state index contributed by atoms with van der Waals surface area (Å²) in [6, 6.07) is 8.08. The molecule has 0 aromatic heterocycles. The van der Waals surface area contributed by atoms with Gasteiger partial charge in [-0.15, -0.1) is 0 Å². The van der Waals surface area contributed by atoms with Gasteiger partial charge in [-0.2, -0.15) is 0 Å². The van der Waals surface area contributed by atoms with E-state index in [4.69, 9.17) is 10.5 Å². The lowest BCUT2D eigenvalue weighted by Crippen LogP contribution is -2.33. The number of hydrogen-bond acceptors (Lipinski definition) is 2. The molecular weight excluding hydrogens is 198 g/mol. The van der Waals surface area contributed by atoms with E-state index in [1.165, 1.54) is 5.56 Å². The molecule has 0 amide bonds. The molecule has 0 aliphatic heterocycles. The predicted molar refractivity (Wildman–Crippen MR) is 68.7 cm³/mol. The lowest BCUT2D eigenvalue weighted by Gasteiger charge is -2.29. The van der Waals surface area contributed by atoms with Gasteiger partial charge in [0.15, 0.2) is 0 Å². The fraction of sp³-hybridized carbons (Fsp3) is 0.571. The Kier molecular flexibility index (Phi) is 4.36. The number of para-hydroxylation sites is 1. The van der Waals surface area contributed by atoms with Gasteiger partial charge in [0.25, 0.3) is 0 Å². The van der Waals surface area contributed by atoms with Crippen molar-refractivity contribution in [1.29, 1.82) is 0 Å². The van der Waals surface area contributed by atoms with E-state index >= 15 is 0 Å². The molecule has 16 heavy (non-hydrogen) atoms. The molecule has 1 unspecified atom stereocenters. The van der Waals surface area contributed by atoms with Crippen LogP contribution in [0.15, 0.2) is 24.3 Å². The molecule has 0 radical (unpaired) electrons. The Balaban J connectivity index is 2.60. The molecule has 0 saturated carbocycles. The monoisotopic (exact) mass is 221 g/mol. The summed E-state index contributed by atoms with van der Waals surface area (Å²) in [5.41, 5.74) is 7.15. The smallest absolute Gasteiger partial charge is 0.122 e. The highest BCUT2D eigenvalue weighted by Crippen LogP contribution is 2.26.